The topological polar surface area (TPSA) is 73.4 Å². The van der Waals surface area contributed by atoms with Crippen LogP contribution in [-0.2, 0) is 0 Å². The summed E-state index contributed by atoms with van der Waals surface area (Å²) < 4.78 is 7.25. The number of benzene rings is 1. The smallest absolute Gasteiger partial charge is 0.307 e. The van der Waals surface area contributed by atoms with Gasteiger partial charge in [0.25, 0.3) is 0 Å². The van der Waals surface area contributed by atoms with Crippen molar-refractivity contribution >= 4 is 5.69 Å². The monoisotopic (exact) mass is 330 g/mol. The van der Waals surface area contributed by atoms with Crippen molar-refractivity contribution in [3.05, 3.63) is 46.8 Å². The third-order valence-corrected chi connectivity index (χ3v) is 4.43. The van der Waals surface area contributed by atoms with Crippen LogP contribution < -0.4 is 4.74 Å². The average Bonchev–Trinajstić information content (AvgIpc) is 3.22. The second-order valence-electron chi connectivity index (χ2n) is 6.12. The minimum Gasteiger partial charge on any atom is -0.494 e. The molecule has 0 spiro atoms. The van der Waals surface area contributed by atoms with Crippen LogP contribution in [0.1, 0.15) is 26.2 Å². The summed E-state index contributed by atoms with van der Waals surface area (Å²) in [6.45, 7) is 5.25. The summed E-state index contributed by atoms with van der Waals surface area (Å²) in [6, 6.07) is 8.11. The average molecular weight is 330 g/mol. The van der Waals surface area contributed by atoms with Crippen LogP contribution in [0.5, 0.6) is 5.75 Å². The molecule has 0 aliphatic carbocycles. The number of hydrogen-bond acceptors (Lipinski definition) is 5. The molecule has 0 radical (unpaired) electrons. The molecule has 7 nitrogen and oxygen atoms in total. The highest BCUT2D eigenvalue weighted by Crippen LogP contribution is 2.19. The van der Waals surface area contributed by atoms with Crippen LogP contribution in [0.15, 0.2) is 36.7 Å². The fourth-order valence-corrected chi connectivity index (χ4v) is 3.03. The second kappa shape index (κ2) is 7.44. The van der Waals surface area contributed by atoms with E-state index in [1.54, 1.807) is 0 Å². The fourth-order valence-electron chi connectivity index (χ4n) is 3.03. The molecule has 1 aromatic heterocycles. The fraction of sp³-hybridized carbons (Fsp3) is 0.471. The maximum Gasteiger partial charge on any atom is 0.307 e. The van der Waals surface area contributed by atoms with Gasteiger partial charge in [0.2, 0.25) is 0 Å². The van der Waals surface area contributed by atoms with E-state index < -0.39 is 4.92 Å². The Labute approximate surface area is 141 Å². The molecular formula is C17H22N4O3. The van der Waals surface area contributed by atoms with E-state index in [4.69, 9.17) is 4.74 Å². The van der Waals surface area contributed by atoms with Gasteiger partial charge in [-0.15, -0.1) is 0 Å². The maximum absolute atomic E-state index is 10.7. The van der Waals surface area contributed by atoms with Gasteiger partial charge in [0.15, 0.2) is 0 Å². The van der Waals surface area contributed by atoms with Crippen LogP contribution in [0.4, 0.5) is 5.69 Å². The Balaban J connectivity index is 1.48. The Kier molecular flexibility index (Phi) is 5.10. The molecule has 0 amide bonds. The minimum atomic E-state index is -0.456. The Morgan fingerprint density at radius 3 is 2.79 bits per heavy atom. The maximum atomic E-state index is 10.7. The van der Waals surface area contributed by atoms with Crippen molar-refractivity contribution in [2.45, 2.75) is 32.2 Å². The number of rotatable bonds is 7. The minimum absolute atomic E-state index is 0.0218. The van der Waals surface area contributed by atoms with E-state index in [1.807, 2.05) is 24.3 Å². The summed E-state index contributed by atoms with van der Waals surface area (Å²) in [4.78, 5) is 12.7. The molecule has 1 atom stereocenters. The molecule has 2 aromatic rings. The largest absolute Gasteiger partial charge is 0.494 e. The zero-order chi connectivity index (χ0) is 16.9. The SMILES string of the molecule is CC1CCCN1CCCOc1ccc(-n2cc([N+](=O)[O-])cn2)cc1. The van der Waals surface area contributed by atoms with Gasteiger partial charge in [-0.05, 0) is 57.0 Å². The Bertz CT molecular complexity index is 683. The molecular weight excluding hydrogens is 308 g/mol. The molecule has 0 N–H and O–H groups in total. The summed E-state index contributed by atoms with van der Waals surface area (Å²) in [6.07, 6.45) is 6.25. The van der Waals surface area contributed by atoms with Gasteiger partial charge in [0.05, 0.1) is 17.2 Å². The van der Waals surface area contributed by atoms with Crippen LogP contribution in [0.3, 0.4) is 0 Å². The lowest BCUT2D eigenvalue weighted by Crippen LogP contribution is -2.28. The van der Waals surface area contributed by atoms with Crippen LogP contribution in [-0.4, -0.2) is 45.3 Å². The number of nitro groups is 1. The molecule has 24 heavy (non-hydrogen) atoms. The lowest BCUT2D eigenvalue weighted by Gasteiger charge is -2.20. The van der Waals surface area contributed by atoms with Gasteiger partial charge in [-0.2, -0.15) is 5.10 Å². The summed E-state index contributed by atoms with van der Waals surface area (Å²) in [5, 5.41) is 14.7. The lowest BCUT2D eigenvalue weighted by atomic mass is 10.2. The number of nitrogens with zero attached hydrogens (tertiary/aromatic N) is 4. The summed E-state index contributed by atoms with van der Waals surface area (Å²) in [5.74, 6) is 0.801. The first-order chi connectivity index (χ1) is 11.6. The van der Waals surface area contributed by atoms with Gasteiger partial charge < -0.3 is 9.64 Å². The highest BCUT2D eigenvalue weighted by atomic mass is 16.6. The Morgan fingerprint density at radius 2 is 2.17 bits per heavy atom. The predicted octanol–water partition coefficient (Wildman–Crippen LogP) is 3.03. The molecule has 1 fully saturated rings. The van der Waals surface area contributed by atoms with E-state index in [-0.39, 0.29) is 5.69 Å². The van der Waals surface area contributed by atoms with Crippen LogP contribution >= 0.6 is 0 Å². The summed E-state index contributed by atoms with van der Waals surface area (Å²) in [5.41, 5.74) is 0.743. The second-order valence-corrected chi connectivity index (χ2v) is 6.12. The lowest BCUT2D eigenvalue weighted by molar-refractivity contribution is -0.384. The summed E-state index contributed by atoms with van der Waals surface area (Å²) >= 11 is 0. The van der Waals surface area contributed by atoms with Gasteiger partial charge >= 0.3 is 5.69 Å². The molecule has 0 saturated carbocycles. The highest BCUT2D eigenvalue weighted by Gasteiger charge is 2.19. The van der Waals surface area contributed by atoms with E-state index in [0.717, 1.165) is 24.4 Å². The van der Waals surface area contributed by atoms with Crippen molar-refractivity contribution in [3.63, 3.8) is 0 Å². The standard InChI is InChI=1S/C17H22N4O3/c1-14-4-2-9-19(14)10-3-11-24-17-7-5-15(6-8-17)20-13-16(12-18-20)21(22)23/h5-8,12-14H,2-4,9-11H2,1H3. The Hall–Kier alpha value is -2.41. The van der Waals surface area contributed by atoms with Crippen molar-refractivity contribution in [3.8, 4) is 11.4 Å². The van der Waals surface area contributed by atoms with Crippen LogP contribution in [0.2, 0.25) is 0 Å². The van der Waals surface area contributed by atoms with Crippen molar-refractivity contribution in [2.24, 2.45) is 0 Å². The normalized spacial score (nSPS) is 18.0. The zero-order valence-corrected chi connectivity index (χ0v) is 13.8. The van der Waals surface area contributed by atoms with Crippen LogP contribution in [0.25, 0.3) is 5.69 Å². The number of likely N-dealkylation sites (tertiary alicyclic amines) is 1. The zero-order valence-electron chi connectivity index (χ0n) is 13.8. The third-order valence-electron chi connectivity index (χ3n) is 4.43. The molecule has 0 bridgehead atoms. The van der Waals surface area contributed by atoms with Gasteiger partial charge in [0.1, 0.15) is 18.1 Å². The molecule has 3 rings (SSSR count). The number of hydrogen-bond donors (Lipinski definition) is 0. The molecule has 1 aromatic carbocycles. The quantitative estimate of drug-likeness (QED) is 0.443. The molecule has 1 aliphatic rings. The van der Waals surface area contributed by atoms with Crippen molar-refractivity contribution < 1.29 is 9.66 Å². The van der Waals surface area contributed by atoms with Gasteiger partial charge in [-0.3, -0.25) is 10.1 Å². The highest BCUT2D eigenvalue weighted by molar-refractivity contribution is 5.38. The van der Waals surface area contributed by atoms with Crippen molar-refractivity contribution in [2.75, 3.05) is 19.7 Å². The molecule has 128 valence electrons. The molecule has 1 aliphatic heterocycles. The first-order valence-electron chi connectivity index (χ1n) is 8.30. The Morgan fingerprint density at radius 1 is 1.38 bits per heavy atom. The van der Waals surface area contributed by atoms with Gasteiger partial charge in [0, 0.05) is 12.6 Å². The van der Waals surface area contributed by atoms with E-state index in [9.17, 15) is 10.1 Å². The number of aromatic nitrogens is 2. The van der Waals surface area contributed by atoms with E-state index in [1.165, 1.54) is 36.5 Å². The number of ether oxygens (including phenoxy) is 1. The summed E-state index contributed by atoms with van der Waals surface area (Å²) in [7, 11) is 0. The molecule has 1 unspecified atom stereocenters. The van der Waals surface area contributed by atoms with Gasteiger partial charge in [-0.1, -0.05) is 0 Å². The van der Waals surface area contributed by atoms with Crippen molar-refractivity contribution in [1.82, 2.24) is 14.7 Å². The molecule has 1 saturated heterocycles. The third kappa shape index (κ3) is 3.91. The first kappa shape index (κ1) is 16.4. The van der Waals surface area contributed by atoms with E-state index in [0.29, 0.717) is 12.6 Å². The molecule has 7 heteroatoms. The van der Waals surface area contributed by atoms with Crippen molar-refractivity contribution in [1.29, 1.82) is 0 Å². The first-order valence-corrected chi connectivity index (χ1v) is 8.30. The van der Waals surface area contributed by atoms with Crippen LogP contribution in [0, 0.1) is 10.1 Å². The predicted molar refractivity (Wildman–Crippen MR) is 90.6 cm³/mol. The van der Waals surface area contributed by atoms with Gasteiger partial charge in [-0.25, -0.2) is 4.68 Å². The van der Waals surface area contributed by atoms with E-state index >= 15 is 0 Å². The van der Waals surface area contributed by atoms with E-state index in [2.05, 4.69) is 16.9 Å². The molecule has 2 heterocycles.